The number of hydrogen-bond donors (Lipinski definition) is 1. The third-order valence-electron chi connectivity index (χ3n) is 4.44. The number of ether oxygens (including phenoxy) is 1. The van der Waals surface area contributed by atoms with E-state index in [2.05, 4.69) is 29.2 Å². The van der Waals surface area contributed by atoms with E-state index in [1.807, 2.05) is 6.07 Å². The van der Waals surface area contributed by atoms with Crippen LogP contribution < -0.4 is 4.74 Å². The number of benzene rings is 2. The van der Waals surface area contributed by atoms with E-state index < -0.39 is 5.60 Å². The molecule has 1 fully saturated rings. The molecule has 1 aliphatic heterocycles. The molecule has 0 aliphatic carbocycles. The average Bonchev–Trinajstić information content (AvgIpc) is 2.58. The second kappa shape index (κ2) is 9.11. The highest BCUT2D eigenvalue weighted by Gasteiger charge is 2.33. The predicted octanol–water partition coefficient (Wildman–Crippen LogP) is 4.82. The maximum Gasteiger partial charge on any atom is 0.156 e. The van der Waals surface area contributed by atoms with Gasteiger partial charge < -0.3 is 9.84 Å². The van der Waals surface area contributed by atoms with Crippen LogP contribution in [0.5, 0.6) is 5.75 Å². The number of rotatable bonds is 5. The first-order valence-corrected chi connectivity index (χ1v) is 8.87. The molecule has 0 atom stereocenters. The smallest absolute Gasteiger partial charge is 0.156 e. The van der Waals surface area contributed by atoms with E-state index >= 15 is 0 Å². The summed E-state index contributed by atoms with van der Waals surface area (Å²) in [7, 11) is 0. The van der Waals surface area contributed by atoms with Gasteiger partial charge in [0.1, 0.15) is 12.2 Å². The van der Waals surface area contributed by atoms with Gasteiger partial charge >= 0.3 is 0 Å². The van der Waals surface area contributed by atoms with Gasteiger partial charge in [-0.15, -0.1) is 12.4 Å². The highest BCUT2D eigenvalue weighted by Crippen LogP contribution is 2.34. The molecular weight excluding hydrogens is 381 g/mol. The molecular formula is C19H22Cl3NO2. The van der Waals surface area contributed by atoms with Crippen LogP contribution in [0.2, 0.25) is 10.0 Å². The van der Waals surface area contributed by atoms with Gasteiger partial charge in [-0.1, -0.05) is 59.6 Å². The van der Waals surface area contributed by atoms with Crippen molar-refractivity contribution in [1.82, 2.24) is 4.90 Å². The summed E-state index contributed by atoms with van der Waals surface area (Å²) >= 11 is 12.2. The molecule has 0 aromatic heterocycles. The Morgan fingerprint density at radius 2 is 1.56 bits per heavy atom. The molecule has 0 saturated carbocycles. The van der Waals surface area contributed by atoms with Gasteiger partial charge in [0.05, 0.1) is 10.0 Å². The van der Waals surface area contributed by atoms with Crippen LogP contribution in [0.1, 0.15) is 18.4 Å². The summed E-state index contributed by atoms with van der Waals surface area (Å²) in [5, 5.41) is 11.7. The maximum absolute atomic E-state index is 10.8. The number of nitrogens with zero attached hydrogens (tertiary/aromatic N) is 1. The minimum absolute atomic E-state index is 0. The number of para-hydroxylation sites is 1. The summed E-state index contributed by atoms with van der Waals surface area (Å²) in [5.41, 5.74) is 0.456. The summed E-state index contributed by atoms with van der Waals surface area (Å²) in [6.45, 7) is 2.79. The third kappa shape index (κ3) is 5.50. The predicted molar refractivity (Wildman–Crippen MR) is 105 cm³/mol. The molecule has 6 heteroatoms. The van der Waals surface area contributed by atoms with Crippen LogP contribution >= 0.6 is 35.6 Å². The average molecular weight is 403 g/mol. The van der Waals surface area contributed by atoms with Crippen molar-refractivity contribution in [2.75, 3.05) is 19.7 Å². The summed E-state index contributed by atoms with van der Waals surface area (Å²) < 4.78 is 5.73. The molecule has 1 aliphatic rings. The molecule has 1 heterocycles. The van der Waals surface area contributed by atoms with Crippen molar-refractivity contribution in [3.05, 3.63) is 64.1 Å². The van der Waals surface area contributed by atoms with Gasteiger partial charge in [0.15, 0.2) is 5.75 Å². The molecule has 0 radical (unpaired) electrons. The lowest BCUT2D eigenvalue weighted by atomic mass is 9.92. The zero-order valence-electron chi connectivity index (χ0n) is 13.8. The van der Waals surface area contributed by atoms with Crippen molar-refractivity contribution in [3.8, 4) is 5.75 Å². The minimum Gasteiger partial charge on any atom is -0.487 e. The summed E-state index contributed by atoms with van der Waals surface area (Å²) in [6, 6.07) is 15.6. The van der Waals surface area contributed by atoms with Crippen molar-refractivity contribution < 1.29 is 9.84 Å². The molecule has 0 amide bonds. The molecule has 1 N–H and O–H groups in total. The van der Waals surface area contributed by atoms with E-state index in [0.29, 0.717) is 28.6 Å². The van der Waals surface area contributed by atoms with E-state index in [4.69, 9.17) is 27.9 Å². The zero-order valence-corrected chi connectivity index (χ0v) is 16.2. The van der Waals surface area contributed by atoms with Crippen molar-refractivity contribution in [2.45, 2.75) is 25.0 Å². The van der Waals surface area contributed by atoms with Crippen LogP contribution in [-0.4, -0.2) is 35.3 Å². The van der Waals surface area contributed by atoms with Crippen LogP contribution in [-0.2, 0) is 6.54 Å². The van der Waals surface area contributed by atoms with Gasteiger partial charge in [0.25, 0.3) is 0 Å². The van der Waals surface area contributed by atoms with E-state index in [9.17, 15) is 5.11 Å². The van der Waals surface area contributed by atoms with E-state index in [1.54, 1.807) is 18.2 Å². The fourth-order valence-corrected chi connectivity index (χ4v) is 3.45. The number of aliphatic hydroxyl groups is 1. The first-order chi connectivity index (χ1) is 11.6. The van der Waals surface area contributed by atoms with Gasteiger partial charge in [-0.05, 0) is 30.5 Å². The number of hydrogen-bond acceptors (Lipinski definition) is 3. The van der Waals surface area contributed by atoms with Crippen LogP contribution in [0.25, 0.3) is 0 Å². The molecule has 2 aromatic carbocycles. The quantitative estimate of drug-likeness (QED) is 0.778. The fraction of sp³-hybridized carbons (Fsp3) is 0.368. The van der Waals surface area contributed by atoms with E-state index in [0.717, 1.165) is 19.6 Å². The van der Waals surface area contributed by atoms with Gasteiger partial charge in [-0.2, -0.15) is 0 Å². The summed E-state index contributed by atoms with van der Waals surface area (Å²) in [6.07, 6.45) is 1.34. The Bertz CT molecular complexity index is 653. The SMILES string of the molecule is Cl.OC1(COc2c(Cl)cccc2Cl)CCN(Cc2ccccc2)CC1. The third-order valence-corrected chi connectivity index (χ3v) is 5.04. The summed E-state index contributed by atoms with van der Waals surface area (Å²) in [4.78, 5) is 2.35. The Morgan fingerprint density at radius 1 is 0.960 bits per heavy atom. The van der Waals surface area contributed by atoms with Crippen molar-refractivity contribution >= 4 is 35.6 Å². The molecule has 25 heavy (non-hydrogen) atoms. The maximum atomic E-state index is 10.8. The summed E-state index contributed by atoms with van der Waals surface area (Å²) in [5.74, 6) is 0.445. The fourth-order valence-electron chi connectivity index (χ4n) is 2.94. The molecule has 1 saturated heterocycles. The zero-order chi connectivity index (χ0) is 17.0. The largest absolute Gasteiger partial charge is 0.487 e. The van der Waals surface area contributed by atoms with Gasteiger partial charge in [-0.25, -0.2) is 0 Å². The second-order valence-corrected chi connectivity index (χ2v) is 7.14. The number of piperidine rings is 1. The Morgan fingerprint density at radius 3 is 2.16 bits per heavy atom. The van der Waals surface area contributed by atoms with Crippen molar-refractivity contribution in [3.63, 3.8) is 0 Å². The van der Waals surface area contributed by atoms with Crippen LogP contribution in [0, 0.1) is 0 Å². The first kappa shape index (κ1) is 20.3. The van der Waals surface area contributed by atoms with E-state index in [1.165, 1.54) is 5.56 Å². The highest BCUT2D eigenvalue weighted by molar-refractivity contribution is 6.37. The molecule has 136 valence electrons. The van der Waals surface area contributed by atoms with Gasteiger partial charge in [0.2, 0.25) is 0 Å². The molecule has 0 bridgehead atoms. The molecule has 2 aromatic rings. The lowest BCUT2D eigenvalue weighted by molar-refractivity contribution is -0.0536. The molecule has 0 unspecified atom stereocenters. The van der Waals surface area contributed by atoms with Crippen LogP contribution in [0.3, 0.4) is 0 Å². The van der Waals surface area contributed by atoms with Gasteiger partial charge in [-0.3, -0.25) is 4.90 Å². The lowest BCUT2D eigenvalue weighted by Crippen LogP contribution is -2.47. The Hall–Kier alpha value is -0.970. The molecule has 3 rings (SSSR count). The normalized spacial score (nSPS) is 16.9. The Balaban J connectivity index is 0.00000225. The Labute approximate surface area is 164 Å². The standard InChI is InChI=1S/C19H21Cl2NO2.ClH/c20-16-7-4-8-17(21)18(16)24-14-19(23)9-11-22(12-10-19)13-15-5-2-1-3-6-15;/h1-8,23H,9-14H2;1H. The van der Waals surface area contributed by atoms with Crippen molar-refractivity contribution in [2.24, 2.45) is 0 Å². The second-order valence-electron chi connectivity index (χ2n) is 6.33. The topological polar surface area (TPSA) is 32.7 Å². The lowest BCUT2D eigenvalue weighted by Gasteiger charge is -2.38. The number of likely N-dealkylation sites (tertiary alicyclic amines) is 1. The first-order valence-electron chi connectivity index (χ1n) is 8.11. The molecule has 3 nitrogen and oxygen atoms in total. The Kier molecular flexibility index (Phi) is 7.41. The number of halogens is 3. The minimum atomic E-state index is -0.838. The van der Waals surface area contributed by atoms with Crippen LogP contribution in [0.15, 0.2) is 48.5 Å². The highest BCUT2D eigenvalue weighted by atomic mass is 35.5. The molecule has 0 spiro atoms. The van der Waals surface area contributed by atoms with Crippen molar-refractivity contribution in [1.29, 1.82) is 0 Å². The monoisotopic (exact) mass is 401 g/mol. The van der Waals surface area contributed by atoms with Gasteiger partial charge in [0, 0.05) is 19.6 Å². The van der Waals surface area contributed by atoms with Crippen LogP contribution in [0.4, 0.5) is 0 Å². The van der Waals surface area contributed by atoms with E-state index in [-0.39, 0.29) is 19.0 Å².